The van der Waals surface area contributed by atoms with Crippen LogP contribution in [0, 0.1) is 5.95 Å². The summed E-state index contributed by atoms with van der Waals surface area (Å²) < 4.78 is 13.0. The second-order valence-electron chi connectivity index (χ2n) is 5.20. The van der Waals surface area contributed by atoms with Crippen LogP contribution in [0.4, 0.5) is 4.39 Å². The maximum absolute atomic E-state index is 13.0. The van der Waals surface area contributed by atoms with Gasteiger partial charge in [-0.2, -0.15) is 4.39 Å². The lowest BCUT2D eigenvalue weighted by Gasteiger charge is -2.08. The second-order valence-corrected chi connectivity index (χ2v) is 5.20. The Balaban J connectivity index is 1.92. The molecule has 3 nitrogen and oxygen atoms in total. The minimum atomic E-state index is -0.478. The predicted molar refractivity (Wildman–Crippen MR) is 88.2 cm³/mol. The number of pyridine rings is 3. The second kappa shape index (κ2) is 5.57. The molecule has 0 fully saturated rings. The first-order valence-corrected chi connectivity index (χ1v) is 7.22. The number of nitrogens with zero attached hydrogens (tertiary/aromatic N) is 3. The summed E-state index contributed by atoms with van der Waals surface area (Å²) in [7, 11) is 0. The zero-order valence-electron chi connectivity index (χ0n) is 12.1. The summed E-state index contributed by atoms with van der Waals surface area (Å²) in [4.78, 5) is 12.2. The van der Waals surface area contributed by atoms with E-state index >= 15 is 0 Å². The van der Waals surface area contributed by atoms with E-state index in [1.807, 2.05) is 30.3 Å². The van der Waals surface area contributed by atoms with Crippen LogP contribution in [0.15, 0.2) is 73.3 Å². The Morgan fingerprint density at radius 2 is 1.52 bits per heavy atom. The van der Waals surface area contributed by atoms with Crippen LogP contribution in [0.25, 0.3) is 33.2 Å². The van der Waals surface area contributed by atoms with E-state index < -0.39 is 5.95 Å². The van der Waals surface area contributed by atoms with Crippen LogP contribution >= 0.6 is 0 Å². The third-order valence-corrected chi connectivity index (χ3v) is 3.79. The Bertz CT molecular complexity index is 967. The molecule has 0 radical (unpaired) electrons. The molecule has 0 spiro atoms. The zero-order valence-corrected chi connectivity index (χ0v) is 12.1. The number of hydrogen-bond acceptors (Lipinski definition) is 3. The van der Waals surface area contributed by atoms with Crippen LogP contribution in [0.1, 0.15) is 0 Å². The quantitative estimate of drug-likeness (QED) is 0.512. The van der Waals surface area contributed by atoms with Gasteiger partial charge >= 0.3 is 0 Å². The normalized spacial score (nSPS) is 10.8. The Hall–Kier alpha value is -3.14. The monoisotopic (exact) mass is 301 g/mol. The highest BCUT2D eigenvalue weighted by Gasteiger charge is 2.07. The molecule has 0 aliphatic carbocycles. The van der Waals surface area contributed by atoms with Crippen molar-refractivity contribution in [1.29, 1.82) is 0 Å². The summed E-state index contributed by atoms with van der Waals surface area (Å²) in [6, 6.07) is 15.0. The van der Waals surface area contributed by atoms with Gasteiger partial charge in [0.1, 0.15) is 0 Å². The van der Waals surface area contributed by atoms with E-state index in [2.05, 4.69) is 21.0 Å². The van der Waals surface area contributed by atoms with E-state index in [9.17, 15) is 4.39 Å². The highest BCUT2D eigenvalue weighted by molar-refractivity contribution is 5.96. The molecule has 3 heterocycles. The van der Waals surface area contributed by atoms with Crippen molar-refractivity contribution in [3.8, 4) is 22.3 Å². The van der Waals surface area contributed by atoms with Gasteiger partial charge in [0.25, 0.3) is 0 Å². The molecule has 0 aliphatic rings. The minimum absolute atomic E-state index is 0.478. The lowest BCUT2D eigenvalue weighted by molar-refractivity contribution is 0.584. The highest BCUT2D eigenvalue weighted by atomic mass is 19.1. The van der Waals surface area contributed by atoms with Gasteiger partial charge in [-0.1, -0.05) is 6.07 Å². The van der Waals surface area contributed by atoms with Crippen molar-refractivity contribution in [1.82, 2.24) is 15.0 Å². The molecule has 4 rings (SSSR count). The molecule has 0 bridgehead atoms. The van der Waals surface area contributed by atoms with Crippen LogP contribution in [0.5, 0.6) is 0 Å². The van der Waals surface area contributed by atoms with E-state index in [4.69, 9.17) is 0 Å². The molecule has 0 aliphatic heterocycles. The van der Waals surface area contributed by atoms with Crippen molar-refractivity contribution < 1.29 is 4.39 Å². The van der Waals surface area contributed by atoms with Crippen LogP contribution in [-0.2, 0) is 0 Å². The molecule has 0 N–H and O–H groups in total. The van der Waals surface area contributed by atoms with Gasteiger partial charge in [0, 0.05) is 35.7 Å². The Morgan fingerprint density at radius 1 is 0.696 bits per heavy atom. The third kappa shape index (κ3) is 2.55. The summed E-state index contributed by atoms with van der Waals surface area (Å²) >= 11 is 0. The third-order valence-electron chi connectivity index (χ3n) is 3.79. The maximum atomic E-state index is 13.0. The molecule has 3 aromatic heterocycles. The fourth-order valence-electron chi connectivity index (χ4n) is 2.66. The average Bonchev–Trinajstić information content (AvgIpc) is 2.62. The highest BCUT2D eigenvalue weighted by Crippen LogP contribution is 2.30. The maximum Gasteiger partial charge on any atom is 0.212 e. The molecular formula is C19H12FN3. The van der Waals surface area contributed by atoms with Crippen LogP contribution < -0.4 is 0 Å². The summed E-state index contributed by atoms with van der Waals surface area (Å²) in [6.45, 7) is 0. The molecule has 0 unspecified atom stereocenters. The van der Waals surface area contributed by atoms with E-state index in [1.165, 1.54) is 6.07 Å². The van der Waals surface area contributed by atoms with Crippen molar-refractivity contribution >= 4 is 10.9 Å². The summed E-state index contributed by atoms with van der Waals surface area (Å²) in [5.74, 6) is -0.478. The van der Waals surface area contributed by atoms with Crippen molar-refractivity contribution in [3.63, 3.8) is 0 Å². The average molecular weight is 301 g/mol. The van der Waals surface area contributed by atoms with Gasteiger partial charge in [-0.05, 0) is 59.2 Å². The molecule has 4 heteroatoms. The van der Waals surface area contributed by atoms with Crippen molar-refractivity contribution in [3.05, 3.63) is 79.3 Å². The van der Waals surface area contributed by atoms with Crippen molar-refractivity contribution in [2.75, 3.05) is 0 Å². The summed E-state index contributed by atoms with van der Waals surface area (Å²) in [5, 5.41) is 1.04. The Kier molecular flexibility index (Phi) is 3.27. The van der Waals surface area contributed by atoms with Gasteiger partial charge in [-0.3, -0.25) is 9.97 Å². The van der Waals surface area contributed by atoms with Gasteiger partial charge in [0.2, 0.25) is 5.95 Å². The van der Waals surface area contributed by atoms with E-state index in [-0.39, 0.29) is 0 Å². The topological polar surface area (TPSA) is 38.7 Å². The van der Waals surface area contributed by atoms with Gasteiger partial charge < -0.3 is 0 Å². The number of fused-ring (bicyclic) bond motifs is 1. The van der Waals surface area contributed by atoms with E-state index in [0.717, 1.165) is 33.2 Å². The molecule has 23 heavy (non-hydrogen) atoms. The van der Waals surface area contributed by atoms with Gasteiger partial charge in [-0.25, -0.2) is 4.98 Å². The molecule has 1 aromatic carbocycles. The number of benzene rings is 1. The van der Waals surface area contributed by atoms with Crippen LogP contribution in [0.2, 0.25) is 0 Å². The fourth-order valence-corrected chi connectivity index (χ4v) is 2.66. The first-order chi connectivity index (χ1) is 11.3. The number of hydrogen-bond donors (Lipinski definition) is 0. The first-order valence-electron chi connectivity index (χ1n) is 7.22. The van der Waals surface area contributed by atoms with E-state index in [1.54, 1.807) is 30.9 Å². The Morgan fingerprint density at radius 3 is 2.30 bits per heavy atom. The molecule has 0 saturated heterocycles. The SMILES string of the molecule is Fc1ccc(-c2ccc3nccc(-c4ccncc4)c3c2)cn1. The predicted octanol–water partition coefficient (Wildman–Crippen LogP) is 4.50. The minimum Gasteiger partial charge on any atom is -0.265 e. The molecule has 0 atom stereocenters. The molecular weight excluding hydrogens is 289 g/mol. The first kappa shape index (κ1) is 13.5. The van der Waals surface area contributed by atoms with E-state index in [0.29, 0.717) is 0 Å². The van der Waals surface area contributed by atoms with Crippen LogP contribution in [-0.4, -0.2) is 15.0 Å². The molecule has 4 aromatic rings. The van der Waals surface area contributed by atoms with Crippen molar-refractivity contribution in [2.45, 2.75) is 0 Å². The zero-order chi connectivity index (χ0) is 15.6. The largest absolute Gasteiger partial charge is 0.265 e. The van der Waals surface area contributed by atoms with Gasteiger partial charge in [-0.15, -0.1) is 0 Å². The number of rotatable bonds is 2. The Labute approximate surface area is 132 Å². The van der Waals surface area contributed by atoms with Crippen LogP contribution in [0.3, 0.4) is 0 Å². The number of aromatic nitrogens is 3. The molecule has 0 saturated carbocycles. The summed E-state index contributed by atoms with van der Waals surface area (Å²) in [5.41, 5.74) is 4.94. The smallest absolute Gasteiger partial charge is 0.212 e. The standard InChI is InChI=1S/C19H12FN3/c20-19-4-2-15(12-23-19)14-1-3-18-17(11-14)16(7-10-22-18)13-5-8-21-9-6-13/h1-12H. The lowest BCUT2D eigenvalue weighted by Crippen LogP contribution is -1.87. The van der Waals surface area contributed by atoms with Gasteiger partial charge in [0.05, 0.1) is 5.52 Å². The lowest BCUT2D eigenvalue weighted by atomic mass is 9.98. The fraction of sp³-hybridized carbons (Fsp3) is 0. The number of halogens is 1. The molecule has 0 amide bonds. The molecule has 110 valence electrons. The summed E-state index contributed by atoms with van der Waals surface area (Å²) in [6.07, 6.45) is 6.89. The van der Waals surface area contributed by atoms with Gasteiger partial charge in [0.15, 0.2) is 0 Å². The van der Waals surface area contributed by atoms with Crippen molar-refractivity contribution in [2.24, 2.45) is 0 Å².